The standard InChI is InChI=1S/C31H46O3/c1-21(10-8-7-9-17-29(3,4)34-22(2)32)26-13-14-27-25-12-11-23-20-24(33)15-18-30(23,5)28(25)16-19-31(26,27)6/h11-12,15,18,20-21,25-28H,7-10,13-14,16-17,19H2,1-6H3/t21-,25+,26-,27+,28+,30+,31-/m1/s1. The van der Waals surface area contributed by atoms with Gasteiger partial charge in [0.1, 0.15) is 5.60 Å². The van der Waals surface area contributed by atoms with Crippen LogP contribution >= 0.6 is 0 Å². The summed E-state index contributed by atoms with van der Waals surface area (Å²) in [4.78, 5) is 23.2. The first-order chi connectivity index (χ1) is 16.0. The lowest BCUT2D eigenvalue weighted by atomic mass is 9.49. The third kappa shape index (κ3) is 4.73. The zero-order chi connectivity index (χ0) is 24.7. The average Bonchev–Trinajstić information content (AvgIpc) is 3.10. The van der Waals surface area contributed by atoms with E-state index >= 15 is 0 Å². The van der Waals surface area contributed by atoms with Crippen LogP contribution in [0.2, 0.25) is 0 Å². The number of hydrogen-bond donors (Lipinski definition) is 0. The molecule has 4 rings (SSSR count). The second-order valence-electron chi connectivity index (χ2n) is 12.9. The van der Waals surface area contributed by atoms with Crippen molar-refractivity contribution in [3.05, 3.63) is 36.0 Å². The molecule has 0 saturated heterocycles. The van der Waals surface area contributed by atoms with E-state index < -0.39 is 0 Å². The summed E-state index contributed by atoms with van der Waals surface area (Å²) in [6.45, 7) is 13.0. The molecule has 2 fully saturated rings. The Morgan fingerprint density at radius 1 is 1.12 bits per heavy atom. The Hall–Kier alpha value is -1.64. The van der Waals surface area contributed by atoms with Gasteiger partial charge in [-0.1, -0.05) is 58.3 Å². The van der Waals surface area contributed by atoms with Crippen molar-refractivity contribution in [2.24, 2.45) is 40.4 Å². The van der Waals surface area contributed by atoms with Crippen LogP contribution in [0.5, 0.6) is 0 Å². The number of fused-ring (bicyclic) bond motifs is 5. The Labute approximate surface area is 207 Å². The molecule has 2 saturated carbocycles. The van der Waals surface area contributed by atoms with Crippen molar-refractivity contribution < 1.29 is 14.3 Å². The van der Waals surface area contributed by atoms with Crippen molar-refractivity contribution in [2.45, 2.75) is 105 Å². The van der Waals surface area contributed by atoms with E-state index in [4.69, 9.17) is 4.74 Å². The summed E-state index contributed by atoms with van der Waals surface area (Å²) >= 11 is 0. The number of ketones is 1. The van der Waals surface area contributed by atoms with Gasteiger partial charge in [0, 0.05) is 12.3 Å². The topological polar surface area (TPSA) is 43.4 Å². The summed E-state index contributed by atoms with van der Waals surface area (Å²) in [5.41, 5.74) is 1.35. The molecule has 3 heteroatoms. The van der Waals surface area contributed by atoms with Gasteiger partial charge in [0.2, 0.25) is 0 Å². The van der Waals surface area contributed by atoms with Crippen LogP contribution in [0.25, 0.3) is 0 Å². The van der Waals surface area contributed by atoms with Crippen molar-refractivity contribution >= 4 is 11.8 Å². The Morgan fingerprint density at radius 3 is 2.62 bits per heavy atom. The molecule has 4 aliphatic rings. The van der Waals surface area contributed by atoms with Gasteiger partial charge in [-0.25, -0.2) is 0 Å². The molecule has 0 aliphatic heterocycles. The monoisotopic (exact) mass is 466 g/mol. The van der Waals surface area contributed by atoms with Crippen LogP contribution in [-0.4, -0.2) is 17.4 Å². The van der Waals surface area contributed by atoms with Gasteiger partial charge in [0.15, 0.2) is 5.78 Å². The van der Waals surface area contributed by atoms with Gasteiger partial charge in [0.05, 0.1) is 0 Å². The van der Waals surface area contributed by atoms with Crippen LogP contribution in [-0.2, 0) is 14.3 Å². The second-order valence-corrected chi connectivity index (χ2v) is 12.9. The lowest BCUT2D eigenvalue weighted by Gasteiger charge is -2.55. The number of allylic oxidation sites excluding steroid dienone is 6. The number of rotatable bonds is 8. The molecule has 0 N–H and O–H groups in total. The number of ether oxygens (including phenoxy) is 1. The minimum absolute atomic E-state index is 0.0260. The van der Waals surface area contributed by atoms with Crippen LogP contribution in [0.15, 0.2) is 36.0 Å². The molecule has 3 nitrogen and oxygen atoms in total. The summed E-state index contributed by atoms with van der Waals surface area (Å²) in [5.74, 6) is 3.57. The normalized spacial score (nSPS) is 37.5. The zero-order valence-electron chi connectivity index (χ0n) is 22.4. The third-order valence-electron chi connectivity index (χ3n) is 10.2. The SMILES string of the molecule is CC(=O)OC(C)(C)CCCCC[C@@H](C)[C@H]1CC[C@H]2[C@@H]3C=CC4=CC(=O)C=C[C@]4(C)[C@H]3CC[C@]12C. The van der Waals surface area contributed by atoms with Crippen LogP contribution in [0.1, 0.15) is 99.3 Å². The molecule has 34 heavy (non-hydrogen) atoms. The molecule has 0 radical (unpaired) electrons. The molecular weight excluding hydrogens is 420 g/mol. The lowest BCUT2D eigenvalue weighted by molar-refractivity contribution is -0.154. The van der Waals surface area contributed by atoms with E-state index in [-0.39, 0.29) is 22.8 Å². The zero-order valence-corrected chi connectivity index (χ0v) is 22.4. The number of unbranched alkanes of at least 4 members (excludes halogenated alkanes) is 2. The maximum Gasteiger partial charge on any atom is 0.303 e. The average molecular weight is 467 g/mol. The van der Waals surface area contributed by atoms with E-state index in [2.05, 4.69) is 39.0 Å². The molecule has 4 aliphatic carbocycles. The molecule has 188 valence electrons. The van der Waals surface area contributed by atoms with Crippen molar-refractivity contribution in [1.29, 1.82) is 0 Å². The molecule has 0 aromatic carbocycles. The molecule has 0 spiro atoms. The molecule has 0 aromatic rings. The molecule has 0 amide bonds. The van der Waals surface area contributed by atoms with Gasteiger partial charge in [-0.2, -0.15) is 0 Å². The summed E-state index contributed by atoms with van der Waals surface area (Å²) in [6, 6.07) is 0. The highest BCUT2D eigenvalue weighted by Crippen LogP contribution is 2.65. The minimum Gasteiger partial charge on any atom is -0.460 e. The molecular formula is C31H46O3. The highest BCUT2D eigenvalue weighted by Gasteiger charge is 2.58. The summed E-state index contributed by atoms with van der Waals surface area (Å²) in [7, 11) is 0. The highest BCUT2D eigenvalue weighted by atomic mass is 16.6. The van der Waals surface area contributed by atoms with Crippen LogP contribution in [0.4, 0.5) is 0 Å². The largest absolute Gasteiger partial charge is 0.460 e. The maximum atomic E-state index is 12.0. The third-order valence-corrected chi connectivity index (χ3v) is 10.2. The Bertz CT molecular complexity index is 892. The number of carbonyl (C=O) groups excluding carboxylic acids is 2. The summed E-state index contributed by atoms with van der Waals surface area (Å²) < 4.78 is 5.44. The maximum absolute atomic E-state index is 12.0. The summed E-state index contributed by atoms with van der Waals surface area (Å²) in [5, 5.41) is 0. The Kier molecular flexibility index (Phi) is 7.06. The second kappa shape index (κ2) is 9.43. The predicted octanol–water partition coefficient (Wildman–Crippen LogP) is 7.61. The van der Waals surface area contributed by atoms with Gasteiger partial charge >= 0.3 is 5.97 Å². The number of esters is 1. The lowest BCUT2D eigenvalue weighted by Crippen LogP contribution is -2.48. The first-order valence-corrected chi connectivity index (χ1v) is 13.8. The van der Waals surface area contributed by atoms with Gasteiger partial charge in [-0.3, -0.25) is 9.59 Å². The predicted molar refractivity (Wildman–Crippen MR) is 138 cm³/mol. The van der Waals surface area contributed by atoms with E-state index in [0.717, 1.165) is 30.6 Å². The van der Waals surface area contributed by atoms with Crippen LogP contribution < -0.4 is 0 Å². The Morgan fingerprint density at radius 2 is 1.88 bits per heavy atom. The van der Waals surface area contributed by atoms with Crippen molar-refractivity contribution in [3.63, 3.8) is 0 Å². The molecule has 0 unspecified atom stereocenters. The molecule has 0 bridgehead atoms. The fourth-order valence-corrected chi connectivity index (χ4v) is 8.46. The molecule has 0 heterocycles. The smallest absolute Gasteiger partial charge is 0.303 e. The van der Waals surface area contributed by atoms with Crippen molar-refractivity contribution in [3.8, 4) is 0 Å². The minimum atomic E-state index is -0.345. The van der Waals surface area contributed by atoms with Gasteiger partial charge in [-0.05, 0) is 105 Å². The van der Waals surface area contributed by atoms with Gasteiger partial charge < -0.3 is 4.74 Å². The van der Waals surface area contributed by atoms with Crippen molar-refractivity contribution in [2.75, 3.05) is 0 Å². The van der Waals surface area contributed by atoms with Gasteiger partial charge in [-0.15, -0.1) is 0 Å². The summed E-state index contributed by atoms with van der Waals surface area (Å²) in [6.07, 6.45) is 21.8. The van der Waals surface area contributed by atoms with Crippen molar-refractivity contribution in [1.82, 2.24) is 0 Å². The first kappa shape index (κ1) is 25.5. The fourth-order valence-electron chi connectivity index (χ4n) is 8.46. The van der Waals surface area contributed by atoms with Crippen LogP contribution in [0.3, 0.4) is 0 Å². The highest BCUT2D eigenvalue weighted by molar-refractivity contribution is 6.01. The fraction of sp³-hybridized carbons (Fsp3) is 0.742. The van der Waals surface area contributed by atoms with E-state index in [1.165, 1.54) is 57.4 Å². The number of carbonyl (C=O) groups is 2. The van der Waals surface area contributed by atoms with E-state index in [9.17, 15) is 9.59 Å². The quantitative estimate of drug-likeness (QED) is 0.273. The molecule has 0 aromatic heterocycles. The van der Waals surface area contributed by atoms with Crippen LogP contribution in [0, 0.1) is 40.4 Å². The first-order valence-electron chi connectivity index (χ1n) is 13.8. The van der Waals surface area contributed by atoms with Gasteiger partial charge in [0.25, 0.3) is 0 Å². The molecule has 7 atom stereocenters. The Balaban J connectivity index is 1.34. The number of hydrogen-bond acceptors (Lipinski definition) is 3. The van der Waals surface area contributed by atoms with E-state index in [1.54, 1.807) is 6.08 Å². The van der Waals surface area contributed by atoms with E-state index in [1.807, 2.05) is 19.9 Å². The van der Waals surface area contributed by atoms with E-state index in [0.29, 0.717) is 17.3 Å².